The molecule has 0 aromatic carbocycles. The zero-order valence-corrected chi connectivity index (χ0v) is 14.3. The number of aromatic nitrogens is 3. The number of aryl methyl sites for hydroxylation is 1. The van der Waals surface area contributed by atoms with Gasteiger partial charge in [-0.2, -0.15) is 5.10 Å². The molecule has 2 aromatic rings. The van der Waals surface area contributed by atoms with Crippen LogP contribution in [0.3, 0.4) is 0 Å². The normalized spacial score (nSPS) is 11.3. The minimum absolute atomic E-state index is 0.180. The van der Waals surface area contributed by atoms with E-state index in [1.54, 1.807) is 23.2 Å². The summed E-state index contributed by atoms with van der Waals surface area (Å²) in [4.78, 5) is 15.9. The van der Waals surface area contributed by atoms with Crippen molar-refractivity contribution in [1.29, 1.82) is 0 Å². The third-order valence-corrected chi connectivity index (χ3v) is 3.64. The summed E-state index contributed by atoms with van der Waals surface area (Å²) >= 11 is 6.34. The number of rotatable bonds is 6. The Kier molecular flexibility index (Phi) is 5.93. The lowest BCUT2D eigenvalue weighted by Gasteiger charge is -2.05. The molecule has 23 heavy (non-hydrogen) atoms. The Bertz CT molecular complexity index is 692. The molecule has 0 atom stereocenters. The Morgan fingerprint density at radius 3 is 2.91 bits per heavy atom. The topological polar surface area (TPSA) is 59.8 Å². The fourth-order valence-electron chi connectivity index (χ4n) is 2.13. The number of halogens is 1. The third kappa shape index (κ3) is 4.93. The predicted molar refractivity (Wildman–Crippen MR) is 91.9 cm³/mol. The lowest BCUT2D eigenvalue weighted by atomic mass is 10.2. The number of pyridine rings is 1. The molecule has 5 nitrogen and oxygen atoms in total. The molecule has 0 fully saturated rings. The smallest absolute Gasteiger partial charge is 0.244 e. The molecule has 0 aliphatic heterocycles. The number of amides is 1. The Morgan fingerprint density at radius 1 is 1.48 bits per heavy atom. The van der Waals surface area contributed by atoms with E-state index in [1.165, 1.54) is 6.08 Å². The van der Waals surface area contributed by atoms with Crippen molar-refractivity contribution in [2.45, 2.75) is 33.9 Å². The first-order chi connectivity index (χ1) is 11.0. The van der Waals surface area contributed by atoms with Crippen molar-refractivity contribution in [3.05, 3.63) is 52.6 Å². The lowest BCUT2D eigenvalue weighted by Crippen LogP contribution is -2.20. The standard InChI is InChI=1S/C17H21ClN4O/c1-12(2)11-22-17(18)15(13(3)21-22)6-7-16(23)20-10-14-5-4-8-19-9-14/h4-9,12H,10-11H2,1-3H3,(H,20,23)/b7-6+. The second-order valence-electron chi connectivity index (χ2n) is 5.78. The zero-order valence-electron chi connectivity index (χ0n) is 13.6. The van der Waals surface area contributed by atoms with Gasteiger partial charge in [-0.05, 0) is 30.5 Å². The minimum atomic E-state index is -0.180. The van der Waals surface area contributed by atoms with Crippen molar-refractivity contribution in [2.75, 3.05) is 0 Å². The number of nitrogens with zero attached hydrogens (tertiary/aromatic N) is 3. The first-order valence-electron chi connectivity index (χ1n) is 7.55. The molecule has 0 saturated carbocycles. The van der Waals surface area contributed by atoms with Crippen LogP contribution in [0, 0.1) is 12.8 Å². The van der Waals surface area contributed by atoms with E-state index in [-0.39, 0.29) is 5.91 Å². The van der Waals surface area contributed by atoms with Crippen molar-refractivity contribution in [3.8, 4) is 0 Å². The molecule has 2 rings (SSSR count). The van der Waals surface area contributed by atoms with Crippen LogP contribution >= 0.6 is 11.6 Å². The quantitative estimate of drug-likeness (QED) is 0.826. The van der Waals surface area contributed by atoms with Gasteiger partial charge in [0.05, 0.1) is 5.69 Å². The van der Waals surface area contributed by atoms with E-state index in [2.05, 4.69) is 29.2 Å². The SMILES string of the molecule is Cc1nn(CC(C)C)c(Cl)c1/C=C/C(=O)NCc1cccnc1. The van der Waals surface area contributed by atoms with E-state index in [0.717, 1.165) is 23.4 Å². The van der Waals surface area contributed by atoms with Gasteiger partial charge in [-0.25, -0.2) is 0 Å². The van der Waals surface area contributed by atoms with Crippen LogP contribution in [0.5, 0.6) is 0 Å². The summed E-state index contributed by atoms with van der Waals surface area (Å²) in [5.41, 5.74) is 2.55. The summed E-state index contributed by atoms with van der Waals surface area (Å²) in [6, 6.07) is 3.75. The molecule has 6 heteroatoms. The Labute approximate surface area is 141 Å². The van der Waals surface area contributed by atoms with Crippen LogP contribution in [0.4, 0.5) is 0 Å². The monoisotopic (exact) mass is 332 g/mol. The largest absolute Gasteiger partial charge is 0.348 e. The number of carbonyl (C=O) groups is 1. The van der Waals surface area contributed by atoms with Gasteiger partial charge in [0.2, 0.25) is 5.91 Å². The Morgan fingerprint density at radius 2 is 2.26 bits per heavy atom. The molecule has 0 bridgehead atoms. The van der Waals surface area contributed by atoms with Gasteiger partial charge in [0, 0.05) is 37.1 Å². The van der Waals surface area contributed by atoms with Crippen LogP contribution < -0.4 is 5.32 Å². The highest BCUT2D eigenvalue weighted by atomic mass is 35.5. The average Bonchev–Trinajstić information content (AvgIpc) is 2.77. The van der Waals surface area contributed by atoms with Crippen LogP contribution in [-0.4, -0.2) is 20.7 Å². The number of hydrogen-bond donors (Lipinski definition) is 1. The number of nitrogens with one attached hydrogen (secondary N) is 1. The molecular weight excluding hydrogens is 312 g/mol. The second kappa shape index (κ2) is 7.92. The molecule has 2 heterocycles. The molecule has 1 N–H and O–H groups in total. The van der Waals surface area contributed by atoms with Crippen LogP contribution in [0.2, 0.25) is 5.15 Å². The predicted octanol–water partition coefficient (Wildman–Crippen LogP) is 3.23. The van der Waals surface area contributed by atoms with Crippen molar-refractivity contribution in [2.24, 2.45) is 5.92 Å². The van der Waals surface area contributed by atoms with Gasteiger partial charge < -0.3 is 5.32 Å². The fourth-order valence-corrected chi connectivity index (χ4v) is 2.44. The first-order valence-corrected chi connectivity index (χ1v) is 7.93. The van der Waals surface area contributed by atoms with Crippen LogP contribution in [-0.2, 0) is 17.9 Å². The maximum absolute atomic E-state index is 11.9. The van der Waals surface area contributed by atoms with Gasteiger partial charge in [0.15, 0.2) is 0 Å². The minimum Gasteiger partial charge on any atom is -0.348 e. The summed E-state index contributed by atoms with van der Waals surface area (Å²) in [7, 11) is 0. The summed E-state index contributed by atoms with van der Waals surface area (Å²) in [5.74, 6) is 0.271. The van der Waals surface area contributed by atoms with E-state index < -0.39 is 0 Å². The maximum Gasteiger partial charge on any atom is 0.244 e. The molecule has 0 spiro atoms. The van der Waals surface area contributed by atoms with E-state index >= 15 is 0 Å². The highest BCUT2D eigenvalue weighted by Crippen LogP contribution is 2.22. The molecule has 0 saturated heterocycles. The van der Waals surface area contributed by atoms with Gasteiger partial charge in [0.1, 0.15) is 5.15 Å². The molecule has 0 aliphatic rings. The zero-order chi connectivity index (χ0) is 16.8. The molecule has 1 amide bonds. The van der Waals surface area contributed by atoms with Crippen molar-refractivity contribution in [3.63, 3.8) is 0 Å². The summed E-state index contributed by atoms with van der Waals surface area (Å²) < 4.78 is 1.77. The fraction of sp³-hybridized carbons (Fsp3) is 0.353. The molecule has 2 aromatic heterocycles. The van der Waals surface area contributed by atoms with Crippen molar-refractivity contribution < 1.29 is 4.79 Å². The lowest BCUT2D eigenvalue weighted by molar-refractivity contribution is -0.116. The van der Waals surface area contributed by atoms with Crippen molar-refractivity contribution in [1.82, 2.24) is 20.1 Å². The number of carbonyl (C=O) groups excluding carboxylic acids is 1. The third-order valence-electron chi connectivity index (χ3n) is 3.24. The van der Waals surface area contributed by atoms with Gasteiger partial charge >= 0.3 is 0 Å². The number of hydrogen-bond acceptors (Lipinski definition) is 3. The summed E-state index contributed by atoms with van der Waals surface area (Å²) in [6.07, 6.45) is 6.61. The van der Waals surface area contributed by atoms with Crippen LogP contribution in [0.1, 0.15) is 30.7 Å². The van der Waals surface area contributed by atoms with E-state index in [9.17, 15) is 4.79 Å². The van der Waals surface area contributed by atoms with Gasteiger partial charge in [-0.15, -0.1) is 0 Å². The van der Waals surface area contributed by atoms with Crippen LogP contribution in [0.25, 0.3) is 6.08 Å². The summed E-state index contributed by atoms with van der Waals surface area (Å²) in [5, 5.41) is 7.79. The molecule has 0 aliphatic carbocycles. The van der Waals surface area contributed by atoms with Crippen LogP contribution in [0.15, 0.2) is 30.6 Å². The molecule has 122 valence electrons. The van der Waals surface area contributed by atoms with E-state index in [4.69, 9.17) is 11.6 Å². The highest BCUT2D eigenvalue weighted by molar-refractivity contribution is 6.31. The average molecular weight is 333 g/mol. The molecule has 0 radical (unpaired) electrons. The van der Waals surface area contributed by atoms with E-state index in [1.807, 2.05) is 19.1 Å². The van der Waals surface area contributed by atoms with Crippen molar-refractivity contribution >= 4 is 23.6 Å². The van der Waals surface area contributed by atoms with E-state index in [0.29, 0.717) is 17.6 Å². The molecule has 0 unspecified atom stereocenters. The van der Waals surface area contributed by atoms with Gasteiger partial charge in [-0.1, -0.05) is 31.5 Å². The molecular formula is C17H21ClN4O. The summed E-state index contributed by atoms with van der Waals surface area (Å²) in [6.45, 7) is 7.29. The highest BCUT2D eigenvalue weighted by Gasteiger charge is 2.12. The Balaban J connectivity index is 1.99. The van der Waals surface area contributed by atoms with Gasteiger partial charge in [0.25, 0.3) is 0 Å². The Hall–Kier alpha value is -2.14. The maximum atomic E-state index is 11.9. The van der Waals surface area contributed by atoms with Gasteiger partial charge in [-0.3, -0.25) is 14.5 Å². The first kappa shape index (κ1) is 17.2. The second-order valence-corrected chi connectivity index (χ2v) is 6.14.